The van der Waals surface area contributed by atoms with E-state index in [1.807, 2.05) is 30.3 Å². The number of ether oxygens (including phenoxy) is 1. The highest BCUT2D eigenvalue weighted by molar-refractivity contribution is 7.11. The molecule has 5 aromatic rings. The third-order valence-electron chi connectivity index (χ3n) is 5.26. The molecule has 4 N–H and O–H groups in total. The molecule has 4 heterocycles. The molecule has 0 radical (unpaired) electrons. The van der Waals surface area contributed by atoms with Gasteiger partial charge in [-0.15, -0.1) is 0 Å². The van der Waals surface area contributed by atoms with E-state index in [1.165, 1.54) is 11.3 Å². The Bertz CT molecular complexity index is 1390. The highest BCUT2D eigenvalue weighted by Gasteiger charge is 2.14. The Morgan fingerprint density at radius 3 is 2.87 bits per heavy atom. The summed E-state index contributed by atoms with van der Waals surface area (Å²) < 4.78 is 5.05. The fourth-order valence-electron chi connectivity index (χ4n) is 3.72. The molecule has 0 spiro atoms. The van der Waals surface area contributed by atoms with Crippen LogP contribution in [0.2, 0.25) is 0 Å². The van der Waals surface area contributed by atoms with Crippen molar-refractivity contribution in [2.24, 2.45) is 0 Å². The van der Waals surface area contributed by atoms with Crippen LogP contribution in [0.4, 0.5) is 5.82 Å². The number of nitrogens with zero attached hydrogens (tertiary/aromatic N) is 3. The highest BCUT2D eigenvalue weighted by Crippen LogP contribution is 2.31. The van der Waals surface area contributed by atoms with Crippen LogP contribution in [-0.4, -0.2) is 38.0 Å². The van der Waals surface area contributed by atoms with Crippen molar-refractivity contribution in [3.8, 4) is 16.5 Å². The van der Waals surface area contributed by atoms with Crippen LogP contribution in [0, 0.1) is 0 Å². The number of carbonyl (C=O) groups is 1. The van der Waals surface area contributed by atoms with Gasteiger partial charge in [0.15, 0.2) is 5.78 Å². The minimum absolute atomic E-state index is 0.0219. The zero-order valence-electron chi connectivity index (χ0n) is 16.8. The van der Waals surface area contributed by atoms with Crippen molar-refractivity contribution in [3.63, 3.8) is 0 Å². The third kappa shape index (κ3) is 3.64. The van der Waals surface area contributed by atoms with E-state index in [9.17, 15) is 4.79 Å². The fourth-order valence-corrected chi connectivity index (χ4v) is 4.36. The second kappa shape index (κ2) is 7.84. The van der Waals surface area contributed by atoms with Gasteiger partial charge in [-0.2, -0.15) is 10.1 Å². The molecule has 1 aromatic carbocycles. The average Bonchev–Trinajstić information content (AvgIpc) is 3.53. The number of benzene rings is 1. The van der Waals surface area contributed by atoms with Crippen molar-refractivity contribution in [3.05, 3.63) is 53.3 Å². The van der Waals surface area contributed by atoms with Gasteiger partial charge in [0.25, 0.3) is 5.19 Å². The third-order valence-corrected chi connectivity index (χ3v) is 6.06. The number of aromatic amines is 2. The number of anilines is 1. The van der Waals surface area contributed by atoms with Crippen LogP contribution in [-0.2, 0) is 6.42 Å². The van der Waals surface area contributed by atoms with Crippen molar-refractivity contribution in [1.82, 2.24) is 25.1 Å². The molecule has 9 heteroatoms. The zero-order chi connectivity index (χ0) is 21.4. The number of nitrogens with one attached hydrogen (secondary N) is 2. The molecule has 156 valence electrons. The molecule has 0 aliphatic carbocycles. The number of rotatable bonds is 7. The molecular formula is C22H20N6O2S. The van der Waals surface area contributed by atoms with E-state index in [1.54, 1.807) is 18.7 Å². The Morgan fingerprint density at radius 1 is 1.19 bits per heavy atom. The second-order valence-corrected chi connectivity index (χ2v) is 8.08. The summed E-state index contributed by atoms with van der Waals surface area (Å²) in [5, 5.41) is 11.1. The summed E-state index contributed by atoms with van der Waals surface area (Å²) in [6.45, 7) is 0. The van der Waals surface area contributed by atoms with E-state index in [-0.39, 0.29) is 5.78 Å². The van der Waals surface area contributed by atoms with Crippen molar-refractivity contribution >= 4 is 44.7 Å². The Hall–Kier alpha value is -3.72. The number of pyridine rings is 1. The molecule has 0 aliphatic rings. The Kier molecular flexibility index (Phi) is 4.87. The van der Waals surface area contributed by atoms with E-state index >= 15 is 0 Å². The predicted molar refractivity (Wildman–Crippen MR) is 122 cm³/mol. The van der Waals surface area contributed by atoms with Gasteiger partial charge in [-0.05, 0) is 31.0 Å². The van der Waals surface area contributed by atoms with Crippen LogP contribution in [0.1, 0.15) is 29.0 Å². The molecule has 0 bridgehead atoms. The summed E-state index contributed by atoms with van der Waals surface area (Å²) >= 11 is 1.33. The van der Waals surface area contributed by atoms with Gasteiger partial charge in [0.1, 0.15) is 11.5 Å². The fraction of sp³-hybridized carbons (Fsp3) is 0.182. The second-order valence-electron chi connectivity index (χ2n) is 7.26. The number of H-pyrrole nitrogens is 2. The summed E-state index contributed by atoms with van der Waals surface area (Å²) in [4.78, 5) is 24.6. The average molecular weight is 433 g/mol. The number of hydrogen-bond donors (Lipinski definition) is 3. The van der Waals surface area contributed by atoms with Gasteiger partial charge in [-0.25, -0.2) is 4.98 Å². The lowest BCUT2D eigenvalue weighted by Crippen LogP contribution is -2.00. The number of aryl methyl sites for hydroxylation is 1. The number of nitrogen functional groups attached to an aromatic ring is 1. The molecule has 0 fully saturated rings. The summed E-state index contributed by atoms with van der Waals surface area (Å²) in [6, 6.07) is 10.0. The number of hydrogen-bond acceptors (Lipinski definition) is 7. The standard InChI is InChI=1S/C22H20N6O2S/c1-30-22-27-18(11-31-22)19(29)4-2-3-13-10-15-20(25-13)14-6-5-12(16-7-8-24-28-16)9-17(14)26-21(15)23/h5-11,25H,2-4H2,1H3,(H2,23,26)(H,24,28). The number of aromatic nitrogens is 5. The quantitative estimate of drug-likeness (QED) is 0.328. The van der Waals surface area contributed by atoms with Crippen LogP contribution in [0.5, 0.6) is 5.19 Å². The molecule has 0 saturated heterocycles. The Labute approximate surface area is 181 Å². The highest BCUT2D eigenvalue weighted by atomic mass is 32.1. The van der Waals surface area contributed by atoms with Gasteiger partial charge in [-0.1, -0.05) is 23.5 Å². The number of nitrogens with two attached hydrogens (primary N) is 1. The number of thiazole rings is 1. The lowest BCUT2D eigenvalue weighted by atomic mass is 10.1. The largest absolute Gasteiger partial charge is 0.473 e. The molecule has 0 saturated carbocycles. The summed E-state index contributed by atoms with van der Waals surface area (Å²) in [6.07, 6.45) is 3.58. The van der Waals surface area contributed by atoms with Crippen molar-refractivity contribution in [2.75, 3.05) is 12.8 Å². The normalized spacial score (nSPS) is 11.4. The van der Waals surface area contributed by atoms with Crippen LogP contribution in [0.25, 0.3) is 33.1 Å². The van der Waals surface area contributed by atoms with Gasteiger partial charge in [0.05, 0.1) is 23.8 Å². The van der Waals surface area contributed by atoms with E-state index < -0.39 is 0 Å². The zero-order valence-corrected chi connectivity index (χ0v) is 17.6. The monoisotopic (exact) mass is 432 g/mol. The van der Waals surface area contributed by atoms with Gasteiger partial charge in [-0.3, -0.25) is 9.89 Å². The predicted octanol–water partition coefficient (Wildman–Crippen LogP) is 4.36. The van der Waals surface area contributed by atoms with Crippen molar-refractivity contribution in [1.29, 1.82) is 0 Å². The minimum atomic E-state index is 0.0219. The van der Waals surface area contributed by atoms with Crippen LogP contribution in [0.3, 0.4) is 0 Å². The SMILES string of the molecule is COc1nc(C(=O)CCCc2cc3c(N)nc4cc(-c5ccn[nH]5)ccc4c3[nH]2)cs1. The summed E-state index contributed by atoms with van der Waals surface area (Å²) in [7, 11) is 1.55. The van der Waals surface area contributed by atoms with Gasteiger partial charge < -0.3 is 15.5 Å². The molecule has 4 aromatic heterocycles. The first-order valence-electron chi connectivity index (χ1n) is 9.85. The molecule has 0 amide bonds. The van der Waals surface area contributed by atoms with E-state index in [2.05, 4.69) is 25.1 Å². The van der Waals surface area contributed by atoms with E-state index in [4.69, 9.17) is 10.5 Å². The first kappa shape index (κ1) is 19.3. The van der Waals surface area contributed by atoms with Crippen molar-refractivity contribution < 1.29 is 9.53 Å². The molecule has 5 rings (SSSR count). The maximum atomic E-state index is 12.3. The topological polar surface area (TPSA) is 123 Å². The minimum Gasteiger partial charge on any atom is -0.473 e. The van der Waals surface area contributed by atoms with E-state index in [0.717, 1.165) is 45.2 Å². The smallest absolute Gasteiger partial charge is 0.273 e. The summed E-state index contributed by atoms with van der Waals surface area (Å²) in [5.74, 6) is 0.506. The first-order valence-corrected chi connectivity index (χ1v) is 10.7. The number of methoxy groups -OCH3 is 1. The molecule has 0 unspecified atom stereocenters. The van der Waals surface area contributed by atoms with Gasteiger partial charge >= 0.3 is 0 Å². The lowest BCUT2D eigenvalue weighted by Gasteiger charge is -2.04. The number of carbonyl (C=O) groups excluding carboxylic acids is 1. The molecular weight excluding hydrogens is 412 g/mol. The van der Waals surface area contributed by atoms with Crippen LogP contribution < -0.4 is 10.5 Å². The Morgan fingerprint density at radius 2 is 2.10 bits per heavy atom. The number of fused-ring (bicyclic) bond motifs is 3. The maximum absolute atomic E-state index is 12.3. The first-order chi connectivity index (χ1) is 15.1. The van der Waals surface area contributed by atoms with Gasteiger partial charge in [0, 0.05) is 40.0 Å². The lowest BCUT2D eigenvalue weighted by molar-refractivity contribution is 0.0975. The molecule has 8 nitrogen and oxygen atoms in total. The molecule has 31 heavy (non-hydrogen) atoms. The number of ketones is 1. The van der Waals surface area contributed by atoms with Crippen LogP contribution >= 0.6 is 11.3 Å². The number of Topliss-reactive ketones (excluding diaryl/α,β-unsaturated/α-hetero) is 1. The summed E-state index contributed by atoms with van der Waals surface area (Å²) in [5.41, 5.74) is 11.4. The molecule has 0 atom stereocenters. The van der Waals surface area contributed by atoms with Crippen molar-refractivity contribution in [2.45, 2.75) is 19.3 Å². The maximum Gasteiger partial charge on any atom is 0.273 e. The molecule has 0 aliphatic heterocycles. The Balaban J connectivity index is 1.37. The van der Waals surface area contributed by atoms with Crippen LogP contribution in [0.15, 0.2) is 41.9 Å². The van der Waals surface area contributed by atoms with E-state index in [0.29, 0.717) is 29.5 Å². The van der Waals surface area contributed by atoms with Gasteiger partial charge in [0.2, 0.25) is 0 Å².